The van der Waals surface area contributed by atoms with Gasteiger partial charge in [-0.2, -0.15) is 0 Å². The molecule has 0 N–H and O–H groups in total. The average molecular weight is 219 g/mol. The quantitative estimate of drug-likeness (QED) is 0.731. The highest BCUT2D eigenvalue weighted by Crippen LogP contribution is 2.31. The lowest BCUT2D eigenvalue weighted by molar-refractivity contribution is 0.110. The Labute approximate surface area is 83.5 Å². The highest BCUT2D eigenvalue weighted by Gasteiger charge is 2.19. The molecule has 74 valence electrons. The first-order chi connectivity index (χ1) is 6.61. The first kappa shape index (κ1) is 10.8. The van der Waals surface area contributed by atoms with Crippen molar-refractivity contribution < 1.29 is 18.4 Å². The smallest absolute Gasteiger partial charge is 0.266 e. The summed E-state index contributed by atoms with van der Waals surface area (Å²) in [6.07, 6.45) is -2.23. The van der Waals surface area contributed by atoms with Crippen LogP contribution in [0.15, 0.2) is 12.1 Å². The van der Waals surface area contributed by atoms with E-state index in [9.17, 15) is 18.4 Å². The number of benzene rings is 1. The molecule has 0 unspecified atom stereocenters. The van der Waals surface area contributed by atoms with Crippen LogP contribution in [0.4, 0.5) is 8.78 Å². The van der Waals surface area contributed by atoms with E-state index in [1.54, 1.807) is 0 Å². The van der Waals surface area contributed by atoms with Gasteiger partial charge in [-0.25, -0.2) is 8.78 Å². The molecule has 1 aromatic carbocycles. The van der Waals surface area contributed by atoms with Crippen LogP contribution < -0.4 is 0 Å². The van der Waals surface area contributed by atoms with Crippen molar-refractivity contribution >= 4 is 24.2 Å². The molecule has 0 bridgehead atoms. The summed E-state index contributed by atoms with van der Waals surface area (Å²) >= 11 is 5.52. The Balaban J connectivity index is 3.46. The van der Waals surface area contributed by atoms with E-state index < -0.39 is 12.0 Å². The van der Waals surface area contributed by atoms with E-state index in [-0.39, 0.29) is 22.4 Å². The predicted octanol–water partition coefficient (Wildman–Crippen LogP) is 2.90. The molecule has 14 heavy (non-hydrogen) atoms. The van der Waals surface area contributed by atoms with Crippen LogP contribution >= 0.6 is 11.6 Å². The minimum absolute atomic E-state index is 0.0485. The Morgan fingerprint density at radius 1 is 1.14 bits per heavy atom. The Morgan fingerprint density at radius 3 is 2.07 bits per heavy atom. The van der Waals surface area contributed by atoms with E-state index in [0.29, 0.717) is 6.29 Å². The first-order valence-electron chi connectivity index (χ1n) is 3.62. The SMILES string of the molecule is O=Cc1ccc(C=O)c(C(F)F)c1Cl. The number of hydrogen-bond donors (Lipinski definition) is 0. The number of alkyl halides is 2. The maximum Gasteiger partial charge on any atom is 0.266 e. The number of rotatable bonds is 3. The molecule has 5 heteroatoms. The summed E-state index contributed by atoms with van der Waals surface area (Å²) in [7, 11) is 0. The normalized spacial score (nSPS) is 10.3. The highest BCUT2D eigenvalue weighted by molar-refractivity contribution is 6.34. The molecule has 0 spiro atoms. The fourth-order valence-corrected chi connectivity index (χ4v) is 1.34. The Hall–Kier alpha value is -1.29. The molecule has 0 radical (unpaired) electrons. The molecule has 0 atom stereocenters. The molecule has 0 aliphatic heterocycles. The first-order valence-corrected chi connectivity index (χ1v) is 4.00. The van der Waals surface area contributed by atoms with Gasteiger partial charge in [-0.15, -0.1) is 0 Å². The monoisotopic (exact) mass is 218 g/mol. The Morgan fingerprint density at radius 2 is 1.64 bits per heavy atom. The third kappa shape index (κ3) is 1.80. The van der Waals surface area contributed by atoms with Gasteiger partial charge in [-0.1, -0.05) is 17.7 Å². The number of aldehydes is 2. The van der Waals surface area contributed by atoms with Gasteiger partial charge in [0.2, 0.25) is 0 Å². The van der Waals surface area contributed by atoms with E-state index in [1.165, 1.54) is 6.07 Å². The summed E-state index contributed by atoms with van der Waals surface area (Å²) in [6.45, 7) is 0. The zero-order valence-corrected chi connectivity index (χ0v) is 7.59. The Kier molecular flexibility index (Phi) is 3.30. The van der Waals surface area contributed by atoms with Gasteiger partial charge in [0.15, 0.2) is 12.6 Å². The second-order valence-corrected chi connectivity index (χ2v) is 2.89. The van der Waals surface area contributed by atoms with Crippen LogP contribution in [0, 0.1) is 0 Å². The summed E-state index contributed by atoms with van der Waals surface area (Å²) < 4.78 is 24.9. The summed E-state index contributed by atoms with van der Waals surface area (Å²) in [4.78, 5) is 20.8. The molecule has 0 heterocycles. The second kappa shape index (κ2) is 4.28. The van der Waals surface area contributed by atoms with Crippen molar-refractivity contribution in [1.82, 2.24) is 0 Å². The largest absolute Gasteiger partial charge is 0.298 e. The lowest BCUT2D eigenvalue weighted by Gasteiger charge is -2.07. The predicted molar refractivity (Wildman–Crippen MR) is 47.2 cm³/mol. The van der Waals surface area contributed by atoms with Crippen LogP contribution in [0.25, 0.3) is 0 Å². The molecule has 0 saturated heterocycles. The standard InChI is InChI=1S/C9H5ClF2O2/c10-8-6(4-14)2-1-5(3-13)7(8)9(11)12/h1-4,9H. The fraction of sp³-hybridized carbons (Fsp3) is 0.111. The van der Waals surface area contributed by atoms with Crippen LogP contribution in [0.2, 0.25) is 5.02 Å². The second-order valence-electron chi connectivity index (χ2n) is 2.51. The molecule has 2 nitrogen and oxygen atoms in total. The number of hydrogen-bond acceptors (Lipinski definition) is 2. The summed E-state index contributed by atoms with van der Waals surface area (Å²) in [5.74, 6) is 0. The third-order valence-corrected chi connectivity index (χ3v) is 2.14. The van der Waals surface area contributed by atoms with Gasteiger partial charge in [-0.05, 0) is 6.07 Å². The van der Waals surface area contributed by atoms with Gasteiger partial charge in [0.1, 0.15) is 0 Å². The van der Waals surface area contributed by atoms with Crippen LogP contribution in [0.5, 0.6) is 0 Å². The topological polar surface area (TPSA) is 34.1 Å². The van der Waals surface area contributed by atoms with E-state index in [1.807, 2.05) is 0 Å². The third-order valence-electron chi connectivity index (χ3n) is 1.72. The van der Waals surface area contributed by atoms with Crippen LogP contribution in [0.3, 0.4) is 0 Å². The maximum atomic E-state index is 12.4. The van der Waals surface area contributed by atoms with Crippen molar-refractivity contribution in [2.24, 2.45) is 0 Å². The zero-order chi connectivity index (χ0) is 10.7. The van der Waals surface area contributed by atoms with E-state index in [4.69, 9.17) is 11.6 Å². The van der Waals surface area contributed by atoms with Crippen molar-refractivity contribution in [3.05, 3.63) is 33.8 Å². The number of halogens is 3. The minimum Gasteiger partial charge on any atom is -0.298 e. The van der Waals surface area contributed by atoms with Gasteiger partial charge in [0, 0.05) is 16.7 Å². The van der Waals surface area contributed by atoms with E-state index >= 15 is 0 Å². The van der Waals surface area contributed by atoms with Crippen molar-refractivity contribution in [2.75, 3.05) is 0 Å². The molecule has 1 rings (SSSR count). The van der Waals surface area contributed by atoms with Crippen LogP contribution in [0.1, 0.15) is 32.7 Å². The van der Waals surface area contributed by atoms with Crippen LogP contribution in [-0.2, 0) is 0 Å². The summed E-state index contributed by atoms with van der Waals surface area (Å²) in [6, 6.07) is 2.37. The molecule has 0 aliphatic rings. The summed E-state index contributed by atoms with van der Waals surface area (Å²) in [5.41, 5.74) is -0.838. The van der Waals surface area contributed by atoms with Crippen molar-refractivity contribution in [1.29, 1.82) is 0 Å². The van der Waals surface area contributed by atoms with Crippen LogP contribution in [-0.4, -0.2) is 12.6 Å². The van der Waals surface area contributed by atoms with Crippen molar-refractivity contribution in [3.8, 4) is 0 Å². The van der Waals surface area contributed by atoms with Crippen molar-refractivity contribution in [2.45, 2.75) is 6.43 Å². The van der Waals surface area contributed by atoms with Gasteiger partial charge in [0.25, 0.3) is 6.43 Å². The zero-order valence-electron chi connectivity index (χ0n) is 6.84. The van der Waals surface area contributed by atoms with Crippen molar-refractivity contribution in [3.63, 3.8) is 0 Å². The van der Waals surface area contributed by atoms with Gasteiger partial charge in [0.05, 0.1) is 5.02 Å². The van der Waals surface area contributed by atoms with Gasteiger partial charge >= 0.3 is 0 Å². The summed E-state index contributed by atoms with van der Waals surface area (Å²) in [5, 5.41) is -0.361. The fourth-order valence-electron chi connectivity index (χ4n) is 1.04. The van der Waals surface area contributed by atoms with E-state index in [2.05, 4.69) is 0 Å². The molecule has 0 aliphatic carbocycles. The molecular weight excluding hydrogens is 214 g/mol. The molecule has 0 saturated carbocycles. The van der Waals surface area contributed by atoms with Gasteiger partial charge < -0.3 is 0 Å². The number of carbonyl (C=O) groups is 2. The highest BCUT2D eigenvalue weighted by atomic mass is 35.5. The average Bonchev–Trinajstić information content (AvgIpc) is 2.16. The molecule has 0 aromatic heterocycles. The lowest BCUT2D eigenvalue weighted by Crippen LogP contribution is -1.97. The van der Waals surface area contributed by atoms with Gasteiger partial charge in [-0.3, -0.25) is 9.59 Å². The lowest BCUT2D eigenvalue weighted by atomic mass is 10.1. The van der Waals surface area contributed by atoms with E-state index in [0.717, 1.165) is 6.07 Å². The maximum absolute atomic E-state index is 12.4. The molecule has 0 fully saturated rings. The molecular formula is C9H5ClF2O2. The number of carbonyl (C=O) groups excluding carboxylic acids is 2. The molecule has 0 amide bonds. The Bertz CT molecular complexity index is 377. The minimum atomic E-state index is -2.87. The molecule has 1 aromatic rings.